The van der Waals surface area contributed by atoms with Crippen LogP contribution in [0.1, 0.15) is 72.6 Å². The fraction of sp³-hybridized carbons (Fsp3) is 0.576. The molecule has 2 unspecified atom stereocenters. The number of aromatic nitrogens is 2. The summed E-state index contributed by atoms with van der Waals surface area (Å²) in [5.41, 5.74) is -0.0408. The molecule has 1 saturated carbocycles. The number of rotatable bonds is 5. The van der Waals surface area contributed by atoms with Crippen LogP contribution in [0.15, 0.2) is 36.4 Å². The number of fused-ring (bicyclic) bond motifs is 3. The van der Waals surface area contributed by atoms with Crippen LogP contribution in [-0.4, -0.2) is 75.1 Å². The maximum Gasteiger partial charge on any atom is 2.00 e. The first-order chi connectivity index (χ1) is 20.1. The molecule has 3 heterocycles. The number of esters is 1. The standard InChI is InChI=1S/C32H42N5O5.CH3.W/c1-5-41-30(40)32-18-21(32)13-9-7-6-8-10-16-25(35-31(2,3)4)29(39)37-20-22(17-26(37)28(38)36-32)42-27-19-33-23-14-11-12-15-24(23)34-27;;/h9,11-15,21-22,25-26,35H,5-8,10,16-18,20H2,1-4H3,(H,36,38);1H3;/q2*-1;+2/b13-9-;;/t21?,22?,25-,26+,32-;;/m1../s1. The Hall–Kier alpha value is -2.84. The molecular formula is C33H45N5O5W. The molecular weight excluding hydrogens is 730 g/mol. The summed E-state index contributed by atoms with van der Waals surface area (Å²) in [7, 11) is 0. The van der Waals surface area contributed by atoms with Gasteiger partial charge in [0.1, 0.15) is 23.6 Å². The molecule has 0 bridgehead atoms. The van der Waals surface area contributed by atoms with E-state index in [1.54, 1.807) is 11.8 Å². The summed E-state index contributed by atoms with van der Waals surface area (Å²) in [6.45, 7) is 8.28. The molecule has 5 atom stereocenters. The van der Waals surface area contributed by atoms with Gasteiger partial charge in [0, 0.05) is 23.4 Å². The van der Waals surface area contributed by atoms with Gasteiger partial charge in [0.15, 0.2) is 0 Å². The van der Waals surface area contributed by atoms with Gasteiger partial charge in [0.2, 0.25) is 11.8 Å². The SMILES string of the molecule is CCOC(=O)[C@@]12CC1/C=C\CCCCC[C@@H](NC(C)(C)C)C(=O)N1CC(Oc3[c-]nc4ccccc4n3)C[C@H]1C(=O)N2.[CH3-].[W+2]. The van der Waals surface area contributed by atoms with Crippen LogP contribution in [0, 0.1) is 19.5 Å². The summed E-state index contributed by atoms with van der Waals surface area (Å²) in [4.78, 5) is 51.6. The Morgan fingerprint density at radius 1 is 1.18 bits per heavy atom. The predicted molar refractivity (Wildman–Crippen MR) is 164 cm³/mol. The summed E-state index contributed by atoms with van der Waals surface area (Å²) >= 11 is 0. The van der Waals surface area contributed by atoms with Gasteiger partial charge in [0.25, 0.3) is 0 Å². The Kier molecular flexibility index (Phi) is 12.1. The second-order valence-corrected chi connectivity index (χ2v) is 12.6. The van der Waals surface area contributed by atoms with Crippen molar-refractivity contribution in [1.82, 2.24) is 25.5 Å². The maximum atomic E-state index is 14.2. The second kappa shape index (κ2) is 15.0. The number of allylic oxidation sites excluding steroid dienone is 1. The molecule has 10 nitrogen and oxygen atoms in total. The average Bonchev–Trinajstić information content (AvgIpc) is 3.48. The normalized spacial score (nSPS) is 28.1. The first-order valence-corrected chi connectivity index (χ1v) is 15.1. The number of nitrogens with zero attached hydrogens (tertiary/aromatic N) is 3. The third kappa shape index (κ3) is 8.25. The summed E-state index contributed by atoms with van der Waals surface area (Å²) in [5.74, 6) is -0.879. The smallest absolute Gasteiger partial charge is 0.488 e. The number of carbonyl (C=O) groups is 3. The number of para-hydroxylation sites is 2. The van der Waals surface area contributed by atoms with Gasteiger partial charge in [-0.05, 0) is 53.4 Å². The summed E-state index contributed by atoms with van der Waals surface area (Å²) in [5, 5.41) is 6.51. The monoisotopic (exact) mass is 775 g/mol. The van der Waals surface area contributed by atoms with Gasteiger partial charge < -0.3 is 37.4 Å². The van der Waals surface area contributed by atoms with Crippen molar-refractivity contribution >= 4 is 28.8 Å². The number of nitrogens with one attached hydrogen (secondary N) is 2. The van der Waals surface area contributed by atoms with E-state index in [-0.39, 0.29) is 77.2 Å². The third-order valence-electron chi connectivity index (χ3n) is 8.14. The minimum Gasteiger partial charge on any atom is -0.488 e. The minimum atomic E-state index is -1.11. The number of hydrogen-bond acceptors (Lipinski definition) is 8. The predicted octanol–water partition coefficient (Wildman–Crippen LogP) is 3.94. The molecule has 11 heteroatoms. The summed E-state index contributed by atoms with van der Waals surface area (Å²) in [6.07, 6.45) is 11.6. The zero-order valence-corrected chi connectivity index (χ0v) is 29.4. The molecule has 44 heavy (non-hydrogen) atoms. The molecule has 1 aromatic heterocycles. The topological polar surface area (TPSA) is 123 Å². The first-order valence-electron chi connectivity index (χ1n) is 15.1. The van der Waals surface area contributed by atoms with Gasteiger partial charge in [0.05, 0.1) is 19.2 Å². The van der Waals surface area contributed by atoms with E-state index in [1.165, 1.54) is 0 Å². The van der Waals surface area contributed by atoms with E-state index in [4.69, 9.17) is 9.47 Å². The Labute approximate surface area is 275 Å². The molecule has 1 aromatic carbocycles. The Balaban J connectivity index is 0.00000264. The van der Waals surface area contributed by atoms with E-state index in [0.717, 1.165) is 25.7 Å². The van der Waals surface area contributed by atoms with Crippen molar-refractivity contribution < 1.29 is 44.9 Å². The fourth-order valence-corrected chi connectivity index (χ4v) is 6.02. The quantitative estimate of drug-likeness (QED) is 0.267. The van der Waals surface area contributed by atoms with Gasteiger partial charge >= 0.3 is 27.0 Å². The molecule has 2 fully saturated rings. The summed E-state index contributed by atoms with van der Waals surface area (Å²) < 4.78 is 11.6. The zero-order chi connectivity index (χ0) is 29.9. The van der Waals surface area contributed by atoms with Gasteiger partial charge in [-0.2, -0.15) is 0 Å². The molecule has 0 radical (unpaired) electrons. The summed E-state index contributed by atoms with van der Waals surface area (Å²) in [6, 6.07) is 6.17. The van der Waals surface area contributed by atoms with Crippen LogP contribution in [0.4, 0.5) is 0 Å². The van der Waals surface area contributed by atoms with Crippen LogP contribution in [0.25, 0.3) is 11.0 Å². The van der Waals surface area contributed by atoms with Crippen molar-refractivity contribution in [3.05, 3.63) is 50.0 Å². The van der Waals surface area contributed by atoms with Gasteiger partial charge in [-0.25, -0.2) is 9.78 Å². The fourth-order valence-electron chi connectivity index (χ4n) is 6.02. The maximum absolute atomic E-state index is 14.2. The average molecular weight is 776 g/mol. The van der Waals surface area contributed by atoms with Crippen LogP contribution in [0.5, 0.6) is 5.88 Å². The number of amides is 2. The van der Waals surface area contributed by atoms with E-state index in [9.17, 15) is 14.4 Å². The molecule has 2 aliphatic heterocycles. The van der Waals surface area contributed by atoms with Gasteiger partial charge in [-0.15, -0.1) is 6.07 Å². The molecule has 0 spiro atoms. The van der Waals surface area contributed by atoms with Crippen LogP contribution in [0.3, 0.4) is 0 Å². The van der Waals surface area contributed by atoms with Crippen LogP contribution < -0.4 is 15.4 Å². The Morgan fingerprint density at radius 3 is 2.66 bits per heavy atom. The van der Waals surface area contributed by atoms with E-state index in [2.05, 4.69) is 32.9 Å². The second-order valence-electron chi connectivity index (χ2n) is 12.6. The minimum absolute atomic E-state index is 0. The van der Waals surface area contributed by atoms with E-state index >= 15 is 0 Å². The van der Waals surface area contributed by atoms with Crippen molar-refractivity contribution in [1.29, 1.82) is 0 Å². The Morgan fingerprint density at radius 2 is 1.93 bits per heavy atom. The van der Waals surface area contributed by atoms with Crippen molar-refractivity contribution in [3.63, 3.8) is 0 Å². The van der Waals surface area contributed by atoms with Gasteiger partial charge in [-0.1, -0.05) is 54.9 Å². The molecule has 238 valence electrons. The van der Waals surface area contributed by atoms with Crippen LogP contribution in [0.2, 0.25) is 0 Å². The first kappa shape index (κ1) is 35.6. The van der Waals surface area contributed by atoms with Crippen molar-refractivity contribution in [2.75, 3.05) is 13.2 Å². The molecule has 2 amide bonds. The van der Waals surface area contributed by atoms with E-state index in [0.29, 0.717) is 23.9 Å². The zero-order valence-electron chi connectivity index (χ0n) is 26.4. The van der Waals surface area contributed by atoms with Crippen molar-refractivity contribution in [2.24, 2.45) is 5.92 Å². The number of benzene rings is 1. The van der Waals surface area contributed by atoms with Gasteiger partial charge in [-0.3, -0.25) is 9.59 Å². The molecule has 2 aromatic rings. The molecule has 3 aliphatic rings. The molecule has 1 saturated heterocycles. The van der Waals surface area contributed by atoms with E-state index < -0.39 is 29.7 Å². The number of ether oxygens (including phenoxy) is 2. The molecule has 1 aliphatic carbocycles. The molecule has 5 rings (SSSR count). The van der Waals surface area contributed by atoms with Crippen molar-refractivity contribution in [3.8, 4) is 5.88 Å². The third-order valence-corrected chi connectivity index (χ3v) is 8.14. The largest absolute Gasteiger partial charge is 2.00 e. The van der Waals surface area contributed by atoms with Crippen LogP contribution >= 0.6 is 0 Å². The van der Waals surface area contributed by atoms with E-state index in [1.807, 2.05) is 51.1 Å². The van der Waals surface area contributed by atoms with Crippen LogP contribution in [-0.2, 0) is 40.2 Å². The van der Waals surface area contributed by atoms with Crippen molar-refractivity contribution in [2.45, 2.75) is 102 Å². The number of carbonyl (C=O) groups excluding carboxylic acids is 3. The Bertz CT molecular complexity index is 1350. The molecule has 2 N–H and O–H groups in total. The number of hydrogen-bond donors (Lipinski definition) is 2.